The summed E-state index contributed by atoms with van der Waals surface area (Å²) in [6, 6.07) is 15.9. The Labute approximate surface area is 111 Å². The Balaban J connectivity index is 2.05. The molecule has 3 heteroatoms. The van der Waals surface area contributed by atoms with Crippen molar-refractivity contribution in [2.45, 2.75) is 6.42 Å². The van der Waals surface area contributed by atoms with Gasteiger partial charge in [0.1, 0.15) is 0 Å². The number of nitrogens with zero attached hydrogens (tertiary/aromatic N) is 2. The van der Waals surface area contributed by atoms with E-state index in [1.165, 1.54) is 11.3 Å². The molecule has 0 saturated heterocycles. The first kappa shape index (κ1) is 11.1. The fraction of sp³-hybridized carbons (Fsp3) is 0.133. The van der Waals surface area contributed by atoms with E-state index in [-0.39, 0.29) is 0 Å². The average Bonchev–Trinajstić information content (AvgIpc) is 2.82. The fourth-order valence-electron chi connectivity index (χ4n) is 2.38. The molecule has 0 spiro atoms. The van der Waals surface area contributed by atoms with Gasteiger partial charge in [-0.05, 0) is 36.2 Å². The van der Waals surface area contributed by atoms with Crippen LogP contribution in [0.1, 0.15) is 11.1 Å². The van der Waals surface area contributed by atoms with Crippen LogP contribution in [0.5, 0.6) is 0 Å². The zero-order chi connectivity index (χ0) is 12.5. The topological polar surface area (TPSA) is 27.0 Å². The van der Waals surface area contributed by atoms with Gasteiger partial charge in [-0.25, -0.2) is 0 Å². The Kier molecular flexibility index (Phi) is 2.70. The van der Waals surface area contributed by atoms with E-state index < -0.39 is 0 Å². The number of para-hydroxylation sites is 1. The molecule has 0 saturated carbocycles. The summed E-state index contributed by atoms with van der Waals surface area (Å²) in [4.78, 5) is 2.21. The zero-order valence-corrected chi connectivity index (χ0v) is 10.5. The lowest BCUT2D eigenvalue weighted by Gasteiger charge is -2.20. The molecule has 0 unspecified atom stereocenters. The summed E-state index contributed by atoms with van der Waals surface area (Å²) in [6.07, 6.45) is 1.03. The van der Waals surface area contributed by atoms with E-state index in [0.29, 0.717) is 10.6 Å². The smallest absolute Gasteiger partial charge is 0.0992 e. The predicted octanol–water partition coefficient (Wildman–Crippen LogP) is 3.91. The Morgan fingerprint density at radius 1 is 1.11 bits per heavy atom. The van der Waals surface area contributed by atoms with E-state index in [9.17, 15) is 0 Å². The fourth-order valence-corrected chi connectivity index (χ4v) is 2.67. The van der Waals surface area contributed by atoms with Gasteiger partial charge >= 0.3 is 0 Å². The highest BCUT2D eigenvalue weighted by Gasteiger charge is 2.21. The molecule has 0 atom stereocenters. The molecule has 1 aliphatic rings. The van der Waals surface area contributed by atoms with Gasteiger partial charge in [-0.3, -0.25) is 0 Å². The summed E-state index contributed by atoms with van der Waals surface area (Å²) in [6.45, 7) is 0.935. The van der Waals surface area contributed by atoms with Gasteiger partial charge < -0.3 is 4.90 Å². The third-order valence-corrected chi connectivity index (χ3v) is 3.56. The van der Waals surface area contributed by atoms with E-state index in [1.807, 2.05) is 18.2 Å². The van der Waals surface area contributed by atoms with E-state index >= 15 is 0 Å². The molecule has 3 rings (SSSR count). The zero-order valence-electron chi connectivity index (χ0n) is 9.73. The van der Waals surface area contributed by atoms with Crippen molar-refractivity contribution in [2.24, 2.45) is 0 Å². The van der Waals surface area contributed by atoms with Crippen molar-refractivity contribution in [1.29, 1.82) is 5.26 Å². The number of hydrogen-bond acceptors (Lipinski definition) is 2. The highest BCUT2D eigenvalue weighted by Crippen LogP contribution is 2.38. The van der Waals surface area contributed by atoms with E-state index in [0.717, 1.165) is 18.7 Å². The normalized spacial score (nSPS) is 13.2. The van der Waals surface area contributed by atoms with Crippen LogP contribution in [0.2, 0.25) is 5.02 Å². The number of halogens is 1. The second-order valence-corrected chi connectivity index (χ2v) is 4.72. The van der Waals surface area contributed by atoms with Crippen LogP contribution in [0.25, 0.3) is 0 Å². The number of fused-ring (bicyclic) bond motifs is 1. The third kappa shape index (κ3) is 1.73. The molecule has 0 aromatic heterocycles. The molecule has 1 heterocycles. The lowest BCUT2D eigenvalue weighted by molar-refractivity contribution is 0.998. The van der Waals surface area contributed by atoms with Crippen LogP contribution in [0.15, 0.2) is 42.5 Å². The van der Waals surface area contributed by atoms with Crippen LogP contribution in [0, 0.1) is 11.3 Å². The molecular formula is C15H11ClN2. The number of hydrogen-bond donors (Lipinski definition) is 0. The summed E-state index contributed by atoms with van der Waals surface area (Å²) in [5.74, 6) is 0. The maximum atomic E-state index is 8.85. The highest BCUT2D eigenvalue weighted by atomic mass is 35.5. The maximum absolute atomic E-state index is 8.85. The predicted molar refractivity (Wildman–Crippen MR) is 73.3 cm³/mol. The van der Waals surface area contributed by atoms with Crippen molar-refractivity contribution in [3.63, 3.8) is 0 Å². The second-order valence-electron chi connectivity index (χ2n) is 4.31. The minimum absolute atomic E-state index is 0.594. The van der Waals surface area contributed by atoms with Gasteiger partial charge in [0.05, 0.1) is 22.3 Å². The van der Waals surface area contributed by atoms with E-state index in [2.05, 4.69) is 29.2 Å². The number of benzene rings is 2. The Morgan fingerprint density at radius 2 is 1.94 bits per heavy atom. The van der Waals surface area contributed by atoms with Crippen molar-refractivity contribution >= 4 is 23.0 Å². The number of anilines is 2. The second kappa shape index (κ2) is 4.36. The first-order valence-electron chi connectivity index (χ1n) is 5.84. The molecule has 2 aromatic carbocycles. The van der Waals surface area contributed by atoms with Crippen LogP contribution < -0.4 is 4.90 Å². The third-order valence-electron chi connectivity index (χ3n) is 3.25. The molecular weight excluding hydrogens is 244 g/mol. The molecule has 0 aliphatic carbocycles. The molecule has 18 heavy (non-hydrogen) atoms. The summed E-state index contributed by atoms with van der Waals surface area (Å²) < 4.78 is 0. The number of nitriles is 1. The van der Waals surface area contributed by atoms with Crippen LogP contribution in [0.4, 0.5) is 11.4 Å². The molecule has 0 fully saturated rings. The van der Waals surface area contributed by atoms with E-state index in [1.54, 1.807) is 6.07 Å². The quantitative estimate of drug-likeness (QED) is 0.772. The van der Waals surface area contributed by atoms with Gasteiger partial charge in [-0.2, -0.15) is 5.26 Å². The van der Waals surface area contributed by atoms with Crippen molar-refractivity contribution in [3.8, 4) is 6.07 Å². The minimum Gasteiger partial charge on any atom is -0.340 e. The van der Waals surface area contributed by atoms with Crippen LogP contribution >= 0.6 is 11.6 Å². The standard InChI is InChI=1S/C15H11ClN2/c16-13-9-11(10-17)5-6-15(13)18-8-7-12-3-1-2-4-14(12)18/h1-6,9H,7-8H2. The largest absolute Gasteiger partial charge is 0.340 e. The van der Waals surface area contributed by atoms with Crippen LogP contribution in [-0.4, -0.2) is 6.54 Å². The Bertz CT molecular complexity index is 643. The van der Waals surface area contributed by atoms with Crippen molar-refractivity contribution in [3.05, 3.63) is 58.6 Å². The summed E-state index contributed by atoms with van der Waals surface area (Å²) in [5.41, 5.74) is 4.12. The van der Waals surface area contributed by atoms with E-state index in [4.69, 9.17) is 16.9 Å². The maximum Gasteiger partial charge on any atom is 0.0992 e. The molecule has 2 nitrogen and oxygen atoms in total. The van der Waals surface area contributed by atoms with Gasteiger partial charge in [-0.1, -0.05) is 29.8 Å². The number of rotatable bonds is 1. The highest BCUT2D eigenvalue weighted by molar-refractivity contribution is 6.33. The van der Waals surface area contributed by atoms with Crippen LogP contribution in [0.3, 0.4) is 0 Å². The van der Waals surface area contributed by atoms with Gasteiger partial charge in [0.2, 0.25) is 0 Å². The molecule has 0 amide bonds. The lowest BCUT2D eigenvalue weighted by atomic mass is 10.1. The monoisotopic (exact) mass is 254 g/mol. The summed E-state index contributed by atoms with van der Waals surface area (Å²) in [7, 11) is 0. The Morgan fingerprint density at radius 3 is 2.72 bits per heavy atom. The molecule has 1 aliphatic heterocycles. The SMILES string of the molecule is N#Cc1ccc(N2CCc3ccccc32)c(Cl)c1. The van der Waals surface area contributed by atoms with Gasteiger partial charge in [0.15, 0.2) is 0 Å². The molecule has 2 aromatic rings. The van der Waals surface area contributed by atoms with Gasteiger partial charge in [-0.15, -0.1) is 0 Å². The lowest BCUT2D eigenvalue weighted by Crippen LogP contribution is -2.13. The van der Waals surface area contributed by atoms with Gasteiger partial charge in [0.25, 0.3) is 0 Å². The summed E-state index contributed by atoms with van der Waals surface area (Å²) in [5, 5.41) is 9.48. The molecule has 0 N–H and O–H groups in total. The summed E-state index contributed by atoms with van der Waals surface area (Å²) >= 11 is 6.26. The average molecular weight is 255 g/mol. The molecule has 88 valence electrons. The van der Waals surface area contributed by atoms with Crippen molar-refractivity contribution in [2.75, 3.05) is 11.4 Å². The first-order chi connectivity index (χ1) is 8.79. The molecule has 0 radical (unpaired) electrons. The van der Waals surface area contributed by atoms with Gasteiger partial charge in [0, 0.05) is 12.2 Å². The molecule has 0 bridgehead atoms. The van der Waals surface area contributed by atoms with Crippen molar-refractivity contribution < 1.29 is 0 Å². The van der Waals surface area contributed by atoms with Crippen molar-refractivity contribution in [1.82, 2.24) is 0 Å². The minimum atomic E-state index is 0.594. The first-order valence-corrected chi connectivity index (χ1v) is 6.22. The Hall–Kier alpha value is -1.98. The van der Waals surface area contributed by atoms with Crippen LogP contribution in [-0.2, 0) is 6.42 Å².